The van der Waals surface area contributed by atoms with Gasteiger partial charge in [0.15, 0.2) is 39.6 Å². The van der Waals surface area contributed by atoms with Crippen molar-refractivity contribution in [1.29, 1.82) is 0 Å². The molecule has 1 aliphatic rings. The molecule has 0 aliphatic carbocycles. The maximum atomic E-state index is 14.0. The average Bonchev–Trinajstić information content (AvgIpc) is 2.99. The fourth-order valence-corrected chi connectivity index (χ4v) is 10.6. The van der Waals surface area contributed by atoms with Crippen molar-refractivity contribution in [3.63, 3.8) is 0 Å². The highest BCUT2D eigenvalue weighted by Gasteiger charge is 2.52. The maximum absolute atomic E-state index is 14.0. The van der Waals surface area contributed by atoms with Crippen LogP contribution in [0.1, 0.15) is 26.3 Å². The van der Waals surface area contributed by atoms with E-state index in [2.05, 4.69) is 119 Å². The highest BCUT2D eigenvalue weighted by molar-refractivity contribution is 6.76. The van der Waals surface area contributed by atoms with E-state index in [0.29, 0.717) is 13.2 Å². The van der Waals surface area contributed by atoms with Crippen LogP contribution in [0.25, 0.3) is 0 Å². The molecule has 2 rings (SSSR count). The molecule has 1 aromatic rings. The molecule has 0 radical (unpaired) electrons. The fraction of sp³-hybridized carbons (Fsp3) is 0.769. The summed E-state index contributed by atoms with van der Waals surface area (Å²) in [7, 11) is -8.54. The van der Waals surface area contributed by atoms with Gasteiger partial charge < -0.3 is 41.4 Å². The first-order valence-corrected chi connectivity index (χ1v) is 36.3. The minimum Gasteiger partial charge on any atom is -0.497 e. The van der Waals surface area contributed by atoms with E-state index in [1.807, 2.05) is 24.3 Å². The van der Waals surface area contributed by atoms with Crippen molar-refractivity contribution in [1.82, 2.24) is 0 Å². The molecule has 1 saturated heterocycles. The Morgan fingerprint density at radius 1 is 0.796 bits per heavy atom. The zero-order chi connectivity index (χ0) is 41.5. The van der Waals surface area contributed by atoms with Gasteiger partial charge >= 0.3 is 5.97 Å². The smallest absolute Gasteiger partial charge is 0.336 e. The molecule has 1 fully saturated rings. The number of methoxy groups -OCH3 is 1. The van der Waals surface area contributed by atoms with Gasteiger partial charge in [-0.05, 0) is 101 Å². The number of benzene rings is 1. The van der Waals surface area contributed by atoms with Gasteiger partial charge in [-0.1, -0.05) is 59.1 Å². The van der Waals surface area contributed by atoms with Crippen molar-refractivity contribution in [2.45, 2.75) is 167 Å². The number of hydrogen-bond donors (Lipinski definition) is 0. The molecular weight excluding hydrogens is 769 g/mol. The van der Waals surface area contributed by atoms with Gasteiger partial charge in [-0.3, -0.25) is 0 Å². The molecule has 1 aliphatic heterocycles. The van der Waals surface area contributed by atoms with Crippen LogP contribution in [-0.2, 0) is 48.1 Å². The van der Waals surface area contributed by atoms with E-state index in [9.17, 15) is 4.79 Å². The van der Waals surface area contributed by atoms with E-state index in [-0.39, 0.29) is 23.8 Å². The monoisotopic (exact) mass is 844 g/mol. The first-order valence-electron chi connectivity index (χ1n) is 19.5. The Labute approximate surface area is 333 Å². The highest BCUT2D eigenvalue weighted by Crippen LogP contribution is 2.39. The van der Waals surface area contributed by atoms with Gasteiger partial charge in [-0.2, -0.15) is 0 Å². The highest BCUT2D eigenvalue weighted by atomic mass is 28.4. The molecule has 0 aromatic heterocycles. The summed E-state index contributed by atoms with van der Waals surface area (Å²) in [6, 6.07) is 8.66. The Morgan fingerprint density at radius 3 is 1.80 bits per heavy atom. The van der Waals surface area contributed by atoms with Gasteiger partial charge in [0, 0.05) is 14.7 Å². The fourth-order valence-electron chi connectivity index (χ4n) is 5.38. The Morgan fingerprint density at radius 2 is 1.31 bits per heavy atom. The predicted octanol–water partition coefficient (Wildman–Crippen LogP) is 9.44. The van der Waals surface area contributed by atoms with Gasteiger partial charge in [0.05, 0.1) is 25.9 Å². The molecule has 0 spiro atoms. The number of rotatable bonds is 21. The van der Waals surface area contributed by atoms with Crippen LogP contribution >= 0.6 is 0 Å². The molecule has 1 aromatic carbocycles. The second kappa shape index (κ2) is 19.7. The molecule has 0 bridgehead atoms. The quantitative estimate of drug-likeness (QED) is 0.0676. The molecule has 312 valence electrons. The normalized spacial score (nSPS) is 22.5. The Balaban J connectivity index is 2.43. The molecule has 15 heteroatoms. The van der Waals surface area contributed by atoms with E-state index in [1.54, 1.807) is 7.11 Å². The molecular formula is C39H76O10Si5. The zero-order valence-electron chi connectivity index (χ0n) is 37.1. The minimum atomic E-state index is -2.35. The Kier molecular flexibility index (Phi) is 17.9. The van der Waals surface area contributed by atoms with Gasteiger partial charge in [0.1, 0.15) is 42.9 Å². The van der Waals surface area contributed by atoms with Crippen molar-refractivity contribution >= 4 is 47.3 Å². The van der Waals surface area contributed by atoms with E-state index in [4.69, 9.17) is 41.4 Å². The number of carbonyl (C=O) groups excluding carboxylic acids is 1. The lowest BCUT2D eigenvalue weighted by Crippen LogP contribution is -2.66. The van der Waals surface area contributed by atoms with E-state index in [1.165, 1.54) is 0 Å². The molecule has 0 unspecified atom stereocenters. The van der Waals surface area contributed by atoms with Crippen LogP contribution in [0.15, 0.2) is 36.4 Å². The first-order chi connectivity index (χ1) is 24.4. The summed E-state index contributed by atoms with van der Waals surface area (Å²) in [6.07, 6.45) is -3.61. The van der Waals surface area contributed by atoms with Crippen molar-refractivity contribution in [2.24, 2.45) is 0 Å². The summed E-state index contributed by atoms with van der Waals surface area (Å²) in [5.41, 5.74) is 1.18. The molecule has 1 heterocycles. The van der Waals surface area contributed by atoms with Crippen LogP contribution in [-0.4, -0.2) is 111 Å². The number of hydrogen-bond acceptors (Lipinski definition) is 10. The Hall–Kier alpha value is -0.966. The molecule has 0 saturated carbocycles. The van der Waals surface area contributed by atoms with Crippen molar-refractivity contribution in [2.75, 3.05) is 26.9 Å². The topological polar surface area (TPSA) is 100 Å². The summed E-state index contributed by atoms with van der Waals surface area (Å²) in [5.74, 6) is 0.205. The minimum absolute atomic E-state index is 0.0778. The maximum Gasteiger partial charge on any atom is 0.336 e. The molecule has 10 nitrogen and oxygen atoms in total. The summed E-state index contributed by atoms with van der Waals surface area (Å²) in [4.78, 5) is 14.0. The van der Waals surface area contributed by atoms with Crippen LogP contribution in [0, 0.1) is 0 Å². The summed E-state index contributed by atoms with van der Waals surface area (Å²) in [6.45, 7) is 42.3. The van der Waals surface area contributed by atoms with E-state index < -0.39 is 84.1 Å². The van der Waals surface area contributed by atoms with Gasteiger partial charge in [0.25, 0.3) is 0 Å². The van der Waals surface area contributed by atoms with Gasteiger partial charge in [0.2, 0.25) is 0 Å². The summed E-state index contributed by atoms with van der Waals surface area (Å²) >= 11 is 0. The lowest BCUT2D eigenvalue weighted by Gasteiger charge is -2.50. The van der Waals surface area contributed by atoms with Gasteiger partial charge in [-0.25, -0.2) is 4.79 Å². The second-order valence-corrected chi connectivity index (χ2v) is 43.9. The molecule has 0 N–H and O–H groups in total. The number of carbonyl (C=O) groups is 1. The van der Waals surface area contributed by atoms with Crippen LogP contribution < -0.4 is 4.74 Å². The van der Waals surface area contributed by atoms with Crippen molar-refractivity contribution in [3.05, 3.63) is 42.0 Å². The second-order valence-electron chi connectivity index (χ2n) is 20.2. The lowest BCUT2D eigenvalue weighted by atomic mass is 9.99. The van der Waals surface area contributed by atoms with E-state index in [0.717, 1.165) is 17.4 Å². The predicted molar refractivity (Wildman–Crippen MR) is 232 cm³/mol. The van der Waals surface area contributed by atoms with Crippen LogP contribution in [0.2, 0.25) is 103 Å². The SMILES string of the molecule is C=C(C(=O)OC[C@H]1O[C@@H](OCC[Si](C)(C)C)[C@H](O[Si](C)(C)C)[C@@H](O[Si](C)(C)C)[C@@H]1O[Si](C)(C)C)[C@@H](COCc1ccc(OC)cc1)O[Si](C)(C)C(C)(C)C. The van der Waals surface area contributed by atoms with Crippen LogP contribution in [0.4, 0.5) is 0 Å². The molecule has 0 amide bonds. The largest absolute Gasteiger partial charge is 0.497 e. The number of ether oxygens (including phenoxy) is 5. The summed E-state index contributed by atoms with van der Waals surface area (Å²) < 4.78 is 58.3. The zero-order valence-corrected chi connectivity index (χ0v) is 42.1. The van der Waals surface area contributed by atoms with Gasteiger partial charge in [-0.15, -0.1) is 0 Å². The standard InChI is InChI=1S/C39H76O10Si5/c1-29(32(46-54(18,19)39(2,3)4)27-42-26-30-20-22-31(41-5)23-21-30)37(40)44-28-33-34(47-51(9,10)11)35(48-52(12,13)14)36(49-53(15,16)17)38(45-33)43-24-25-50(6,7)8/h20-23,32-36,38H,1,24-28H2,2-19H3/t32-,33-,34-,35+,36-,38-/m1/s1. The third kappa shape index (κ3) is 17.3. The average molecular weight is 845 g/mol. The van der Waals surface area contributed by atoms with Crippen molar-refractivity contribution < 1.29 is 46.2 Å². The lowest BCUT2D eigenvalue weighted by molar-refractivity contribution is -0.290. The van der Waals surface area contributed by atoms with Crippen LogP contribution in [0.3, 0.4) is 0 Å². The first kappa shape index (κ1) is 49.2. The Bertz CT molecular complexity index is 1320. The summed E-state index contributed by atoms with van der Waals surface area (Å²) in [5, 5.41) is -0.104. The van der Waals surface area contributed by atoms with Crippen LogP contribution in [0.5, 0.6) is 5.75 Å². The molecule has 6 atom stereocenters. The molecule has 54 heavy (non-hydrogen) atoms. The third-order valence-electron chi connectivity index (χ3n) is 9.16. The third-order valence-corrected chi connectivity index (χ3v) is 18.3. The van der Waals surface area contributed by atoms with Crippen molar-refractivity contribution in [3.8, 4) is 5.75 Å². The van der Waals surface area contributed by atoms with E-state index >= 15 is 0 Å². The number of esters is 1.